The van der Waals surface area contributed by atoms with Gasteiger partial charge in [0.2, 0.25) is 11.8 Å². The number of nitrogens with two attached hydrogens (primary N) is 1. The molecule has 0 aliphatic carbocycles. The van der Waals surface area contributed by atoms with E-state index in [1.165, 1.54) is 10.1 Å². The van der Waals surface area contributed by atoms with Gasteiger partial charge in [0.1, 0.15) is 0 Å². The van der Waals surface area contributed by atoms with E-state index in [1.54, 1.807) is 16.2 Å². The summed E-state index contributed by atoms with van der Waals surface area (Å²) in [5.41, 5.74) is 6.41. The molecular formula is C14H14N2O2S. The normalized spacial score (nSPS) is 19.3. The van der Waals surface area contributed by atoms with Gasteiger partial charge in [-0.3, -0.25) is 9.59 Å². The van der Waals surface area contributed by atoms with Crippen molar-refractivity contribution in [2.45, 2.75) is 13.0 Å². The Morgan fingerprint density at radius 3 is 2.95 bits per heavy atom. The van der Waals surface area contributed by atoms with E-state index in [1.807, 2.05) is 12.1 Å². The van der Waals surface area contributed by atoms with E-state index in [2.05, 4.69) is 17.5 Å². The average molecular weight is 274 g/mol. The molecule has 1 fully saturated rings. The molecule has 1 aromatic heterocycles. The van der Waals surface area contributed by atoms with E-state index in [9.17, 15) is 9.59 Å². The number of carbonyl (C=O) groups excluding carboxylic acids is 2. The summed E-state index contributed by atoms with van der Waals surface area (Å²) in [7, 11) is 0. The van der Waals surface area contributed by atoms with Gasteiger partial charge in [-0.2, -0.15) is 0 Å². The SMILES string of the molecule is NC(=O)C1CC(=O)N(Cc2csc3ccccc23)C1. The first kappa shape index (κ1) is 12.2. The Bertz CT molecular complexity index is 650. The van der Waals surface area contributed by atoms with Gasteiger partial charge < -0.3 is 10.6 Å². The molecule has 1 unspecified atom stereocenters. The smallest absolute Gasteiger partial charge is 0.223 e. The summed E-state index contributed by atoms with van der Waals surface area (Å²) in [4.78, 5) is 24.8. The highest BCUT2D eigenvalue weighted by atomic mass is 32.1. The maximum absolute atomic E-state index is 11.9. The molecule has 98 valence electrons. The summed E-state index contributed by atoms with van der Waals surface area (Å²) >= 11 is 1.68. The van der Waals surface area contributed by atoms with Crippen LogP contribution in [0.5, 0.6) is 0 Å². The van der Waals surface area contributed by atoms with Crippen molar-refractivity contribution in [2.75, 3.05) is 6.54 Å². The van der Waals surface area contributed by atoms with Crippen LogP contribution in [0, 0.1) is 5.92 Å². The number of rotatable bonds is 3. The zero-order chi connectivity index (χ0) is 13.4. The van der Waals surface area contributed by atoms with Gasteiger partial charge in [0, 0.05) is 24.2 Å². The van der Waals surface area contributed by atoms with Crippen LogP contribution >= 0.6 is 11.3 Å². The molecule has 1 atom stereocenters. The van der Waals surface area contributed by atoms with Crippen molar-refractivity contribution < 1.29 is 9.59 Å². The van der Waals surface area contributed by atoms with E-state index >= 15 is 0 Å². The van der Waals surface area contributed by atoms with Crippen molar-refractivity contribution >= 4 is 33.2 Å². The number of carbonyl (C=O) groups is 2. The zero-order valence-electron chi connectivity index (χ0n) is 10.3. The quantitative estimate of drug-likeness (QED) is 0.926. The van der Waals surface area contributed by atoms with E-state index in [-0.39, 0.29) is 24.2 Å². The summed E-state index contributed by atoms with van der Waals surface area (Å²) in [6, 6.07) is 8.14. The van der Waals surface area contributed by atoms with Gasteiger partial charge in [-0.1, -0.05) is 18.2 Å². The molecule has 0 saturated carbocycles. The minimum absolute atomic E-state index is 0.0130. The molecule has 5 heteroatoms. The number of fused-ring (bicyclic) bond motifs is 1. The number of thiophene rings is 1. The van der Waals surface area contributed by atoms with Crippen LogP contribution < -0.4 is 5.73 Å². The van der Waals surface area contributed by atoms with Crippen molar-refractivity contribution in [2.24, 2.45) is 11.7 Å². The average Bonchev–Trinajstić information content (AvgIpc) is 2.96. The van der Waals surface area contributed by atoms with Gasteiger partial charge in [0.15, 0.2) is 0 Å². The number of amides is 2. The van der Waals surface area contributed by atoms with Crippen LogP contribution in [0.1, 0.15) is 12.0 Å². The maximum Gasteiger partial charge on any atom is 0.223 e. The van der Waals surface area contributed by atoms with Crippen LogP contribution in [-0.2, 0) is 16.1 Å². The molecule has 2 N–H and O–H groups in total. The Kier molecular flexibility index (Phi) is 2.98. The van der Waals surface area contributed by atoms with E-state index in [4.69, 9.17) is 5.73 Å². The second-order valence-electron chi connectivity index (χ2n) is 4.83. The van der Waals surface area contributed by atoms with Crippen molar-refractivity contribution in [1.82, 2.24) is 4.90 Å². The molecule has 4 nitrogen and oxygen atoms in total. The van der Waals surface area contributed by atoms with Crippen LogP contribution in [0.15, 0.2) is 29.6 Å². The first-order valence-corrected chi connectivity index (χ1v) is 7.05. The van der Waals surface area contributed by atoms with Crippen LogP contribution in [0.2, 0.25) is 0 Å². The molecule has 3 rings (SSSR count). The predicted molar refractivity (Wildman–Crippen MR) is 74.5 cm³/mol. The Balaban J connectivity index is 1.82. The number of nitrogens with zero attached hydrogens (tertiary/aromatic N) is 1. The second kappa shape index (κ2) is 4.66. The number of hydrogen-bond donors (Lipinski definition) is 1. The maximum atomic E-state index is 11.9. The molecular weight excluding hydrogens is 260 g/mol. The summed E-state index contributed by atoms with van der Waals surface area (Å²) in [5, 5.41) is 3.26. The highest BCUT2D eigenvalue weighted by Crippen LogP contribution is 2.28. The molecule has 0 spiro atoms. The summed E-state index contributed by atoms with van der Waals surface area (Å²) in [5.74, 6) is -0.706. The molecule has 1 aliphatic heterocycles. The van der Waals surface area contributed by atoms with Gasteiger partial charge in [0.05, 0.1) is 5.92 Å². The van der Waals surface area contributed by atoms with Crippen molar-refractivity contribution in [3.63, 3.8) is 0 Å². The predicted octanol–water partition coefficient (Wildman–Crippen LogP) is 1.74. The molecule has 1 saturated heterocycles. The fraction of sp³-hybridized carbons (Fsp3) is 0.286. The molecule has 0 radical (unpaired) electrons. The Morgan fingerprint density at radius 2 is 2.21 bits per heavy atom. The molecule has 0 bridgehead atoms. The highest BCUT2D eigenvalue weighted by Gasteiger charge is 2.33. The topological polar surface area (TPSA) is 63.4 Å². The number of hydrogen-bond acceptors (Lipinski definition) is 3. The lowest BCUT2D eigenvalue weighted by Crippen LogP contribution is -2.28. The molecule has 2 aromatic rings. The number of primary amides is 1. The minimum Gasteiger partial charge on any atom is -0.369 e. The highest BCUT2D eigenvalue weighted by molar-refractivity contribution is 7.17. The lowest BCUT2D eigenvalue weighted by molar-refractivity contribution is -0.128. The third-order valence-corrected chi connectivity index (χ3v) is 4.55. The Hall–Kier alpha value is -1.88. The zero-order valence-corrected chi connectivity index (χ0v) is 11.2. The minimum atomic E-state index is -0.383. The van der Waals surface area contributed by atoms with Crippen LogP contribution in [-0.4, -0.2) is 23.3 Å². The lowest BCUT2D eigenvalue weighted by Gasteiger charge is -2.15. The molecule has 2 heterocycles. The first-order chi connectivity index (χ1) is 9.15. The van der Waals surface area contributed by atoms with Crippen molar-refractivity contribution in [3.8, 4) is 0 Å². The van der Waals surface area contributed by atoms with Gasteiger partial charge in [0.25, 0.3) is 0 Å². The van der Waals surface area contributed by atoms with Gasteiger partial charge in [-0.25, -0.2) is 0 Å². The van der Waals surface area contributed by atoms with Gasteiger partial charge in [-0.05, 0) is 22.4 Å². The third-order valence-electron chi connectivity index (χ3n) is 3.54. The summed E-state index contributed by atoms with van der Waals surface area (Å²) in [6.45, 7) is 1.00. The van der Waals surface area contributed by atoms with Crippen LogP contribution in [0.25, 0.3) is 10.1 Å². The van der Waals surface area contributed by atoms with Crippen molar-refractivity contribution in [1.29, 1.82) is 0 Å². The van der Waals surface area contributed by atoms with Crippen molar-refractivity contribution in [3.05, 3.63) is 35.2 Å². The number of likely N-dealkylation sites (tertiary alicyclic amines) is 1. The molecule has 19 heavy (non-hydrogen) atoms. The Labute approximate surface area is 114 Å². The molecule has 1 aromatic carbocycles. The van der Waals surface area contributed by atoms with Gasteiger partial charge >= 0.3 is 0 Å². The summed E-state index contributed by atoms with van der Waals surface area (Å²) < 4.78 is 1.22. The first-order valence-electron chi connectivity index (χ1n) is 6.17. The standard InChI is InChI=1S/C14H14N2O2S/c15-14(18)9-5-13(17)16(6-9)7-10-8-19-12-4-2-1-3-11(10)12/h1-4,8-9H,5-7H2,(H2,15,18). The van der Waals surface area contributed by atoms with E-state index < -0.39 is 0 Å². The Morgan fingerprint density at radius 1 is 1.42 bits per heavy atom. The fourth-order valence-corrected chi connectivity index (χ4v) is 3.43. The van der Waals surface area contributed by atoms with Crippen LogP contribution in [0.3, 0.4) is 0 Å². The second-order valence-corrected chi connectivity index (χ2v) is 5.75. The van der Waals surface area contributed by atoms with E-state index in [0.29, 0.717) is 13.1 Å². The summed E-state index contributed by atoms with van der Waals surface area (Å²) in [6.07, 6.45) is 0.247. The molecule has 1 aliphatic rings. The fourth-order valence-electron chi connectivity index (χ4n) is 2.48. The monoisotopic (exact) mass is 274 g/mol. The molecule has 2 amide bonds. The van der Waals surface area contributed by atoms with Crippen LogP contribution in [0.4, 0.5) is 0 Å². The van der Waals surface area contributed by atoms with Gasteiger partial charge in [-0.15, -0.1) is 11.3 Å². The largest absolute Gasteiger partial charge is 0.369 e. The van der Waals surface area contributed by atoms with E-state index in [0.717, 1.165) is 5.56 Å². The third kappa shape index (κ3) is 2.21. The lowest BCUT2D eigenvalue weighted by atomic mass is 10.1. The number of benzene rings is 1.